The molecule has 0 spiro atoms. The Kier molecular flexibility index (Phi) is 4.28. The fraction of sp³-hybridized carbons (Fsp3) is 0.364. The van der Waals surface area contributed by atoms with Crippen molar-refractivity contribution in [2.24, 2.45) is 5.73 Å². The van der Waals surface area contributed by atoms with Crippen LogP contribution in [0.1, 0.15) is 22.8 Å². The van der Waals surface area contributed by atoms with Crippen LogP contribution >= 0.6 is 0 Å². The molecule has 0 aromatic heterocycles. The lowest BCUT2D eigenvalue weighted by Gasteiger charge is -2.14. The number of benzene rings is 1. The normalized spacial score (nSPS) is 13.2. The molecule has 3 nitrogen and oxygen atoms in total. The second-order valence-electron chi connectivity index (χ2n) is 3.78. The summed E-state index contributed by atoms with van der Waals surface area (Å²) in [5, 5.41) is 2.29. The predicted molar refractivity (Wildman–Crippen MR) is 57.4 cm³/mol. The minimum Gasteiger partial charge on any atom is -0.348 e. The number of amides is 1. The van der Waals surface area contributed by atoms with Crippen LogP contribution in [0.5, 0.6) is 0 Å². The Hall–Kier alpha value is -1.63. The van der Waals surface area contributed by atoms with Gasteiger partial charge in [-0.15, -0.1) is 0 Å². The lowest BCUT2D eigenvalue weighted by molar-refractivity contribution is -0.140. The number of rotatable bonds is 3. The molecule has 100 valence electrons. The van der Waals surface area contributed by atoms with E-state index in [0.29, 0.717) is 6.07 Å². The summed E-state index contributed by atoms with van der Waals surface area (Å²) in [6.45, 7) is 1.66. The molecule has 0 aliphatic carbocycles. The third kappa shape index (κ3) is 3.19. The van der Waals surface area contributed by atoms with Gasteiger partial charge in [0, 0.05) is 12.6 Å². The smallest absolute Gasteiger partial charge is 0.348 e. The SMILES string of the molecule is C[C@H](CN)NC(=O)c1cccc(C(F)(F)F)c1F. The van der Waals surface area contributed by atoms with Crippen molar-refractivity contribution in [3.05, 3.63) is 35.1 Å². The monoisotopic (exact) mass is 264 g/mol. The van der Waals surface area contributed by atoms with Gasteiger partial charge in [0.05, 0.1) is 11.1 Å². The second kappa shape index (κ2) is 5.34. The van der Waals surface area contributed by atoms with Gasteiger partial charge >= 0.3 is 6.18 Å². The van der Waals surface area contributed by atoms with Crippen LogP contribution in [0.3, 0.4) is 0 Å². The van der Waals surface area contributed by atoms with E-state index in [1.54, 1.807) is 6.92 Å². The van der Waals surface area contributed by atoms with E-state index in [2.05, 4.69) is 5.32 Å². The standard InChI is InChI=1S/C11H12F4N2O/c1-6(5-16)17-10(18)7-3-2-4-8(9(7)12)11(13,14)15/h2-4,6H,5,16H2,1H3,(H,17,18)/t6-/m1/s1. The molecular weight excluding hydrogens is 252 g/mol. The zero-order valence-corrected chi connectivity index (χ0v) is 9.51. The molecule has 3 N–H and O–H groups in total. The summed E-state index contributed by atoms with van der Waals surface area (Å²) in [5.74, 6) is -2.50. The van der Waals surface area contributed by atoms with Crippen molar-refractivity contribution < 1.29 is 22.4 Å². The van der Waals surface area contributed by atoms with Crippen LogP contribution in [0, 0.1) is 5.82 Å². The van der Waals surface area contributed by atoms with Gasteiger partial charge in [0.2, 0.25) is 0 Å². The topological polar surface area (TPSA) is 55.1 Å². The van der Waals surface area contributed by atoms with Crippen molar-refractivity contribution in [2.75, 3.05) is 6.54 Å². The summed E-state index contributed by atoms with van der Waals surface area (Å²) >= 11 is 0. The highest BCUT2D eigenvalue weighted by Gasteiger charge is 2.35. The maximum atomic E-state index is 13.6. The lowest BCUT2D eigenvalue weighted by Crippen LogP contribution is -2.38. The Morgan fingerprint density at radius 3 is 2.56 bits per heavy atom. The molecule has 1 atom stereocenters. The molecule has 0 saturated carbocycles. The Balaban J connectivity index is 3.08. The summed E-state index contributed by atoms with van der Waals surface area (Å²) in [5.41, 5.74) is 3.14. The second-order valence-corrected chi connectivity index (χ2v) is 3.78. The van der Waals surface area contributed by atoms with Crippen LogP contribution in [0.25, 0.3) is 0 Å². The average molecular weight is 264 g/mol. The highest BCUT2D eigenvalue weighted by molar-refractivity contribution is 5.94. The molecule has 0 saturated heterocycles. The van der Waals surface area contributed by atoms with Gasteiger partial charge in [0.1, 0.15) is 5.82 Å². The van der Waals surface area contributed by atoms with Gasteiger partial charge in [-0.25, -0.2) is 4.39 Å². The maximum absolute atomic E-state index is 13.6. The molecule has 1 aromatic carbocycles. The number of hydrogen-bond donors (Lipinski definition) is 2. The number of nitrogens with one attached hydrogen (secondary N) is 1. The minimum atomic E-state index is -4.83. The molecule has 0 aliphatic rings. The number of hydrogen-bond acceptors (Lipinski definition) is 2. The van der Waals surface area contributed by atoms with E-state index in [0.717, 1.165) is 12.1 Å². The molecule has 0 fully saturated rings. The highest BCUT2D eigenvalue weighted by Crippen LogP contribution is 2.32. The van der Waals surface area contributed by atoms with Crippen LogP contribution in [-0.2, 0) is 6.18 Å². The zero-order chi connectivity index (χ0) is 13.9. The van der Waals surface area contributed by atoms with Crippen molar-refractivity contribution in [3.8, 4) is 0 Å². The number of halogens is 4. The molecule has 18 heavy (non-hydrogen) atoms. The van der Waals surface area contributed by atoms with Crippen LogP contribution in [0.4, 0.5) is 17.6 Å². The van der Waals surface area contributed by atoms with Crippen molar-refractivity contribution in [2.45, 2.75) is 19.1 Å². The van der Waals surface area contributed by atoms with Crippen molar-refractivity contribution in [1.29, 1.82) is 0 Å². The number of nitrogens with two attached hydrogens (primary N) is 1. The van der Waals surface area contributed by atoms with E-state index in [4.69, 9.17) is 5.73 Å². The summed E-state index contributed by atoms with van der Waals surface area (Å²) in [4.78, 5) is 11.5. The molecule has 0 unspecified atom stereocenters. The summed E-state index contributed by atoms with van der Waals surface area (Å²) < 4.78 is 50.8. The number of alkyl halides is 3. The zero-order valence-electron chi connectivity index (χ0n) is 9.51. The van der Waals surface area contributed by atoms with Gasteiger partial charge in [0.25, 0.3) is 5.91 Å². The van der Waals surface area contributed by atoms with Gasteiger partial charge in [-0.1, -0.05) is 6.07 Å². The van der Waals surface area contributed by atoms with Crippen molar-refractivity contribution in [3.63, 3.8) is 0 Å². The fourth-order valence-corrected chi connectivity index (χ4v) is 1.29. The van der Waals surface area contributed by atoms with Gasteiger partial charge in [-0.2, -0.15) is 13.2 Å². The van der Waals surface area contributed by atoms with E-state index in [-0.39, 0.29) is 6.54 Å². The molecule has 0 radical (unpaired) electrons. The molecule has 0 aliphatic heterocycles. The van der Waals surface area contributed by atoms with E-state index in [9.17, 15) is 22.4 Å². The molecule has 0 heterocycles. The predicted octanol–water partition coefficient (Wildman–Crippen LogP) is 1.92. The van der Waals surface area contributed by atoms with Crippen molar-refractivity contribution >= 4 is 5.91 Å². The summed E-state index contributed by atoms with van der Waals surface area (Å²) in [6.07, 6.45) is -4.83. The first-order valence-corrected chi connectivity index (χ1v) is 5.14. The Bertz CT molecular complexity index is 445. The quantitative estimate of drug-likeness (QED) is 0.819. The van der Waals surface area contributed by atoms with Crippen LogP contribution in [-0.4, -0.2) is 18.5 Å². The third-order valence-electron chi connectivity index (χ3n) is 2.28. The molecular formula is C11H12F4N2O. The number of carbonyl (C=O) groups is 1. The van der Waals surface area contributed by atoms with E-state index in [1.807, 2.05) is 0 Å². The Morgan fingerprint density at radius 1 is 1.44 bits per heavy atom. The average Bonchev–Trinajstić information content (AvgIpc) is 2.27. The maximum Gasteiger partial charge on any atom is 0.419 e. The molecule has 1 rings (SSSR count). The molecule has 1 amide bonds. The first kappa shape index (κ1) is 14.4. The summed E-state index contributed by atoms with van der Waals surface area (Å²) in [6, 6.07) is 2.10. The Morgan fingerprint density at radius 2 is 2.06 bits per heavy atom. The van der Waals surface area contributed by atoms with Crippen LogP contribution in [0.15, 0.2) is 18.2 Å². The van der Waals surface area contributed by atoms with Crippen LogP contribution < -0.4 is 11.1 Å². The van der Waals surface area contributed by atoms with Gasteiger partial charge < -0.3 is 11.1 Å². The third-order valence-corrected chi connectivity index (χ3v) is 2.28. The highest BCUT2D eigenvalue weighted by atomic mass is 19.4. The van der Waals surface area contributed by atoms with Gasteiger partial charge in [-0.05, 0) is 19.1 Å². The van der Waals surface area contributed by atoms with Crippen LogP contribution in [0.2, 0.25) is 0 Å². The first-order valence-electron chi connectivity index (χ1n) is 5.14. The van der Waals surface area contributed by atoms with Gasteiger partial charge in [-0.3, -0.25) is 4.79 Å². The van der Waals surface area contributed by atoms with E-state index in [1.165, 1.54) is 0 Å². The summed E-state index contributed by atoms with van der Waals surface area (Å²) in [7, 11) is 0. The van der Waals surface area contributed by atoms with E-state index < -0.39 is 35.1 Å². The first-order chi connectivity index (χ1) is 8.27. The molecule has 1 aromatic rings. The largest absolute Gasteiger partial charge is 0.419 e. The van der Waals surface area contributed by atoms with E-state index >= 15 is 0 Å². The van der Waals surface area contributed by atoms with Crippen molar-refractivity contribution in [1.82, 2.24) is 5.32 Å². The Labute approximate surface area is 101 Å². The molecule has 0 bridgehead atoms. The minimum absolute atomic E-state index is 0.103. The lowest BCUT2D eigenvalue weighted by atomic mass is 10.1. The van der Waals surface area contributed by atoms with Gasteiger partial charge in [0.15, 0.2) is 0 Å². The number of carbonyl (C=O) groups excluding carboxylic acids is 1. The fourth-order valence-electron chi connectivity index (χ4n) is 1.29. The molecule has 7 heteroatoms.